The van der Waals surface area contributed by atoms with Gasteiger partial charge in [-0.25, -0.2) is 4.39 Å². The number of benzene rings is 2. The van der Waals surface area contributed by atoms with E-state index >= 15 is 0 Å². The number of hydrogen-bond acceptors (Lipinski definition) is 2. The minimum Gasteiger partial charge on any atom is -0.347 e. The van der Waals surface area contributed by atoms with Crippen LogP contribution in [0, 0.1) is 5.82 Å². The predicted molar refractivity (Wildman–Crippen MR) is 84.4 cm³/mol. The van der Waals surface area contributed by atoms with Crippen LogP contribution in [0.2, 0.25) is 5.02 Å². The van der Waals surface area contributed by atoms with Crippen LogP contribution in [0.15, 0.2) is 48.5 Å². The number of hydrogen-bond donors (Lipinski definition) is 1. The highest BCUT2D eigenvalue weighted by Crippen LogP contribution is 2.27. The second-order valence-electron chi connectivity index (χ2n) is 4.57. The Morgan fingerprint density at radius 2 is 1.95 bits per heavy atom. The first-order chi connectivity index (χ1) is 10.1. The number of fused-ring (bicyclic) bond motifs is 1. The first-order valence-electron chi connectivity index (χ1n) is 6.34. The van der Waals surface area contributed by atoms with Gasteiger partial charge in [-0.1, -0.05) is 29.8 Å². The standard InChI is InChI=1S/C16H11ClFNOS/c17-11-6-4-10(5-7-11)9-19-16(20)15-8-12-13(18)2-1-3-14(12)21-15/h1-8H,9H2,(H,19,20). The first kappa shape index (κ1) is 14.0. The molecular weight excluding hydrogens is 309 g/mol. The van der Waals surface area contributed by atoms with Gasteiger partial charge in [0, 0.05) is 21.7 Å². The van der Waals surface area contributed by atoms with Gasteiger partial charge in [0.2, 0.25) is 0 Å². The lowest BCUT2D eigenvalue weighted by Crippen LogP contribution is -2.21. The summed E-state index contributed by atoms with van der Waals surface area (Å²) in [5, 5.41) is 3.96. The summed E-state index contributed by atoms with van der Waals surface area (Å²) in [4.78, 5) is 12.6. The fourth-order valence-electron chi connectivity index (χ4n) is 2.01. The van der Waals surface area contributed by atoms with Crippen molar-refractivity contribution < 1.29 is 9.18 Å². The molecule has 0 bridgehead atoms. The Morgan fingerprint density at radius 1 is 1.19 bits per heavy atom. The molecule has 1 N–H and O–H groups in total. The topological polar surface area (TPSA) is 29.1 Å². The van der Waals surface area contributed by atoms with E-state index in [2.05, 4.69) is 5.32 Å². The van der Waals surface area contributed by atoms with Crippen molar-refractivity contribution in [1.82, 2.24) is 5.32 Å². The van der Waals surface area contributed by atoms with Crippen molar-refractivity contribution in [1.29, 1.82) is 0 Å². The maximum atomic E-state index is 13.6. The van der Waals surface area contributed by atoms with Gasteiger partial charge in [0.15, 0.2) is 0 Å². The second-order valence-corrected chi connectivity index (χ2v) is 6.09. The molecule has 106 valence electrons. The summed E-state index contributed by atoms with van der Waals surface area (Å²) in [5.74, 6) is -0.508. The summed E-state index contributed by atoms with van der Waals surface area (Å²) in [7, 11) is 0. The van der Waals surface area contributed by atoms with E-state index in [9.17, 15) is 9.18 Å². The summed E-state index contributed by atoms with van der Waals surface area (Å²) in [6.07, 6.45) is 0. The van der Waals surface area contributed by atoms with Crippen LogP contribution in [0.1, 0.15) is 15.2 Å². The Morgan fingerprint density at radius 3 is 2.67 bits per heavy atom. The molecule has 0 spiro atoms. The van der Waals surface area contributed by atoms with Gasteiger partial charge in [0.05, 0.1) is 4.88 Å². The lowest BCUT2D eigenvalue weighted by molar-refractivity contribution is 0.0955. The van der Waals surface area contributed by atoms with Crippen LogP contribution in [0.4, 0.5) is 4.39 Å². The highest BCUT2D eigenvalue weighted by atomic mass is 35.5. The van der Waals surface area contributed by atoms with Crippen LogP contribution in [-0.4, -0.2) is 5.91 Å². The van der Waals surface area contributed by atoms with E-state index in [1.807, 2.05) is 12.1 Å². The van der Waals surface area contributed by atoms with Gasteiger partial charge >= 0.3 is 0 Å². The molecule has 0 saturated heterocycles. The van der Waals surface area contributed by atoms with Crippen molar-refractivity contribution in [3.05, 3.63) is 69.8 Å². The molecule has 3 aromatic rings. The third-order valence-corrected chi connectivity index (χ3v) is 4.45. The molecule has 3 rings (SSSR count). The highest BCUT2D eigenvalue weighted by molar-refractivity contribution is 7.20. The molecule has 0 radical (unpaired) electrons. The van der Waals surface area contributed by atoms with Crippen LogP contribution >= 0.6 is 22.9 Å². The first-order valence-corrected chi connectivity index (χ1v) is 7.53. The van der Waals surface area contributed by atoms with Crippen molar-refractivity contribution >= 4 is 38.9 Å². The van der Waals surface area contributed by atoms with Crippen LogP contribution in [-0.2, 0) is 6.54 Å². The Bertz CT molecular complexity index is 798. The van der Waals surface area contributed by atoms with Gasteiger partial charge in [-0.05, 0) is 35.9 Å². The number of thiophene rings is 1. The molecule has 0 aliphatic carbocycles. The van der Waals surface area contributed by atoms with E-state index in [0.717, 1.165) is 10.3 Å². The summed E-state index contributed by atoms with van der Waals surface area (Å²) in [6, 6.07) is 13.7. The number of carbonyl (C=O) groups excluding carboxylic acids is 1. The molecule has 0 fully saturated rings. The van der Waals surface area contributed by atoms with Gasteiger partial charge in [-0.3, -0.25) is 4.79 Å². The third kappa shape index (κ3) is 3.06. The molecule has 1 amide bonds. The molecule has 1 aromatic heterocycles. The number of carbonyl (C=O) groups is 1. The van der Waals surface area contributed by atoms with E-state index in [-0.39, 0.29) is 11.7 Å². The van der Waals surface area contributed by atoms with Crippen molar-refractivity contribution in [3.8, 4) is 0 Å². The zero-order valence-corrected chi connectivity index (χ0v) is 12.5. The average Bonchev–Trinajstić information content (AvgIpc) is 2.92. The summed E-state index contributed by atoms with van der Waals surface area (Å²) in [5.41, 5.74) is 0.958. The molecule has 0 saturated carbocycles. The molecule has 0 aliphatic rings. The number of nitrogens with one attached hydrogen (secondary N) is 1. The van der Waals surface area contributed by atoms with Crippen molar-refractivity contribution in [2.75, 3.05) is 0 Å². The molecule has 0 aliphatic heterocycles. The third-order valence-electron chi connectivity index (χ3n) is 3.10. The average molecular weight is 320 g/mol. The maximum Gasteiger partial charge on any atom is 0.261 e. The second kappa shape index (κ2) is 5.84. The Labute approximate surface area is 130 Å². The lowest BCUT2D eigenvalue weighted by atomic mass is 10.2. The summed E-state index contributed by atoms with van der Waals surface area (Å²) in [6.45, 7) is 0.409. The molecule has 5 heteroatoms. The fourth-order valence-corrected chi connectivity index (χ4v) is 3.13. The van der Waals surface area contributed by atoms with E-state index < -0.39 is 0 Å². The van der Waals surface area contributed by atoms with Crippen LogP contribution in [0.5, 0.6) is 0 Å². The molecule has 0 unspecified atom stereocenters. The number of amides is 1. The minimum absolute atomic E-state index is 0.203. The zero-order chi connectivity index (χ0) is 14.8. The zero-order valence-electron chi connectivity index (χ0n) is 10.9. The molecule has 2 nitrogen and oxygen atoms in total. The molecule has 2 aromatic carbocycles. The van der Waals surface area contributed by atoms with E-state index in [1.165, 1.54) is 17.4 Å². The minimum atomic E-state index is -0.305. The predicted octanol–water partition coefficient (Wildman–Crippen LogP) is 4.62. The Balaban J connectivity index is 1.75. The summed E-state index contributed by atoms with van der Waals surface area (Å²) < 4.78 is 14.4. The SMILES string of the molecule is O=C(NCc1ccc(Cl)cc1)c1cc2c(F)cccc2s1. The smallest absolute Gasteiger partial charge is 0.261 e. The molecular formula is C16H11ClFNOS. The van der Waals surface area contributed by atoms with Gasteiger partial charge in [-0.2, -0.15) is 0 Å². The van der Waals surface area contributed by atoms with Crippen LogP contribution in [0.25, 0.3) is 10.1 Å². The Hall–Kier alpha value is -1.91. The highest BCUT2D eigenvalue weighted by Gasteiger charge is 2.12. The van der Waals surface area contributed by atoms with E-state index in [0.29, 0.717) is 21.8 Å². The quantitative estimate of drug-likeness (QED) is 0.749. The molecule has 1 heterocycles. The van der Waals surface area contributed by atoms with Crippen LogP contribution in [0.3, 0.4) is 0 Å². The van der Waals surface area contributed by atoms with Crippen molar-refractivity contribution in [3.63, 3.8) is 0 Å². The van der Waals surface area contributed by atoms with Gasteiger partial charge in [0.1, 0.15) is 5.82 Å². The van der Waals surface area contributed by atoms with E-state index in [4.69, 9.17) is 11.6 Å². The van der Waals surface area contributed by atoms with Gasteiger partial charge in [0.25, 0.3) is 5.91 Å². The molecule has 21 heavy (non-hydrogen) atoms. The van der Waals surface area contributed by atoms with Gasteiger partial charge < -0.3 is 5.32 Å². The molecule has 0 atom stereocenters. The number of rotatable bonds is 3. The largest absolute Gasteiger partial charge is 0.347 e. The summed E-state index contributed by atoms with van der Waals surface area (Å²) >= 11 is 7.09. The van der Waals surface area contributed by atoms with Gasteiger partial charge in [-0.15, -0.1) is 11.3 Å². The van der Waals surface area contributed by atoms with E-state index in [1.54, 1.807) is 30.3 Å². The number of halogens is 2. The normalized spacial score (nSPS) is 10.8. The van der Waals surface area contributed by atoms with Crippen LogP contribution < -0.4 is 5.32 Å². The lowest BCUT2D eigenvalue weighted by Gasteiger charge is -2.03. The monoisotopic (exact) mass is 319 g/mol. The Kier molecular flexibility index (Phi) is 3.90. The van der Waals surface area contributed by atoms with Crippen molar-refractivity contribution in [2.45, 2.75) is 6.54 Å². The fraction of sp³-hybridized carbons (Fsp3) is 0.0625. The van der Waals surface area contributed by atoms with Crippen molar-refractivity contribution in [2.24, 2.45) is 0 Å². The maximum absolute atomic E-state index is 13.6.